The monoisotopic (exact) mass is 304 g/mol. The fourth-order valence-corrected chi connectivity index (χ4v) is 2.85. The second-order valence-corrected chi connectivity index (χ2v) is 5.79. The van der Waals surface area contributed by atoms with E-state index >= 15 is 0 Å². The van der Waals surface area contributed by atoms with Gasteiger partial charge in [-0.25, -0.2) is 4.68 Å². The van der Waals surface area contributed by atoms with Gasteiger partial charge in [0.15, 0.2) is 0 Å². The summed E-state index contributed by atoms with van der Waals surface area (Å²) in [6.45, 7) is 3.24. The Bertz CT molecular complexity index is 638. The molecule has 8 heteroatoms. The third kappa shape index (κ3) is 3.01. The zero-order chi connectivity index (χ0) is 15.6. The van der Waals surface area contributed by atoms with Crippen LogP contribution in [0.3, 0.4) is 0 Å². The number of aliphatic hydroxyl groups is 1. The largest absolute Gasteiger partial charge is 0.386 e. The molecule has 1 atom stereocenters. The number of hydrogen-bond acceptors (Lipinski definition) is 5. The molecule has 2 aromatic rings. The molecule has 8 nitrogen and oxygen atoms in total. The van der Waals surface area contributed by atoms with Crippen LogP contribution in [0.2, 0.25) is 0 Å². The van der Waals surface area contributed by atoms with E-state index in [2.05, 4.69) is 20.5 Å². The summed E-state index contributed by atoms with van der Waals surface area (Å²) < 4.78 is 1.59. The van der Waals surface area contributed by atoms with Crippen LogP contribution in [-0.2, 0) is 13.0 Å². The fraction of sp³-hybridized carbons (Fsp3) is 0.571. The molecule has 0 saturated carbocycles. The minimum atomic E-state index is -0.981. The molecule has 118 valence electrons. The van der Waals surface area contributed by atoms with E-state index in [-0.39, 0.29) is 12.5 Å². The van der Waals surface area contributed by atoms with Gasteiger partial charge in [-0.2, -0.15) is 5.10 Å². The molecule has 2 N–H and O–H groups in total. The number of β-amino-alcohol motifs (C(OH)–C–C–N with tert-alkyl or cyclic N) is 1. The number of amides is 1. The molecule has 1 amide bonds. The minimum absolute atomic E-state index is 0.146. The lowest BCUT2D eigenvalue weighted by Gasteiger charge is -2.38. The van der Waals surface area contributed by atoms with Crippen molar-refractivity contribution in [1.82, 2.24) is 30.1 Å². The van der Waals surface area contributed by atoms with Gasteiger partial charge < -0.3 is 10.0 Å². The van der Waals surface area contributed by atoms with Crippen molar-refractivity contribution in [3.63, 3.8) is 0 Å². The molecule has 0 bridgehead atoms. The second-order valence-electron chi connectivity index (χ2n) is 5.79. The van der Waals surface area contributed by atoms with Crippen LogP contribution >= 0.6 is 0 Å². The molecule has 0 spiro atoms. The van der Waals surface area contributed by atoms with Gasteiger partial charge in [0.05, 0.1) is 19.3 Å². The van der Waals surface area contributed by atoms with Crippen molar-refractivity contribution in [2.24, 2.45) is 0 Å². The number of hydrogen-bond donors (Lipinski definition) is 2. The summed E-state index contributed by atoms with van der Waals surface area (Å²) >= 11 is 0. The lowest BCUT2D eigenvalue weighted by atomic mass is 9.92. The Kier molecular flexibility index (Phi) is 3.93. The number of nitrogens with zero attached hydrogens (tertiary/aromatic N) is 5. The lowest BCUT2D eigenvalue weighted by molar-refractivity contribution is -0.0388. The smallest absolute Gasteiger partial charge is 0.274 e. The molecule has 0 aromatic carbocycles. The van der Waals surface area contributed by atoms with Crippen molar-refractivity contribution in [3.05, 3.63) is 29.8 Å². The molecule has 1 fully saturated rings. The first-order valence-electron chi connectivity index (χ1n) is 7.50. The minimum Gasteiger partial charge on any atom is -0.386 e. The number of nitrogens with one attached hydrogen (secondary N) is 1. The van der Waals surface area contributed by atoms with Gasteiger partial charge in [0.25, 0.3) is 5.91 Å². The van der Waals surface area contributed by atoms with Crippen LogP contribution in [0, 0.1) is 0 Å². The summed E-state index contributed by atoms with van der Waals surface area (Å²) in [5, 5.41) is 25.3. The summed E-state index contributed by atoms with van der Waals surface area (Å²) in [6.07, 6.45) is 5.47. The first kappa shape index (κ1) is 14.7. The first-order valence-corrected chi connectivity index (χ1v) is 7.50. The molecule has 1 unspecified atom stereocenters. The van der Waals surface area contributed by atoms with Gasteiger partial charge in [0.2, 0.25) is 0 Å². The summed E-state index contributed by atoms with van der Waals surface area (Å²) in [5.74, 6) is -0.146. The quantitative estimate of drug-likeness (QED) is 0.842. The lowest BCUT2D eigenvalue weighted by Crippen LogP contribution is -2.52. The first-order chi connectivity index (χ1) is 10.6. The van der Waals surface area contributed by atoms with E-state index in [1.165, 1.54) is 0 Å². The molecule has 3 heterocycles. The van der Waals surface area contributed by atoms with Gasteiger partial charge in [-0.15, -0.1) is 5.10 Å². The van der Waals surface area contributed by atoms with E-state index in [0.29, 0.717) is 25.2 Å². The average molecular weight is 304 g/mol. The third-order valence-electron chi connectivity index (χ3n) is 4.00. The second kappa shape index (κ2) is 5.88. The Morgan fingerprint density at radius 3 is 3.09 bits per heavy atom. The zero-order valence-corrected chi connectivity index (χ0v) is 12.6. The van der Waals surface area contributed by atoms with Crippen molar-refractivity contribution in [3.8, 4) is 0 Å². The van der Waals surface area contributed by atoms with Crippen molar-refractivity contribution >= 4 is 5.91 Å². The number of aromatic amines is 1. The SMILES string of the molecule is CCc1cc(C(=O)N2CCCC(O)(Cn3ccnn3)C2)n[nH]1. The zero-order valence-electron chi connectivity index (χ0n) is 12.6. The van der Waals surface area contributed by atoms with E-state index in [1.807, 2.05) is 6.92 Å². The highest BCUT2D eigenvalue weighted by Gasteiger charge is 2.36. The number of likely N-dealkylation sites (tertiary alicyclic amines) is 1. The molecule has 1 saturated heterocycles. The van der Waals surface area contributed by atoms with Crippen LogP contribution in [0.25, 0.3) is 0 Å². The Morgan fingerprint density at radius 2 is 2.41 bits per heavy atom. The van der Waals surface area contributed by atoms with Gasteiger partial charge in [-0.1, -0.05) is 12.1 Å². The number of rotatable bonds is 4. The number of aryl methyl sites for hydroxylation is 1. The van der Waals surface area contributed by atoms with Crippen LogP contribution in [-0.4, -0.2) is 59.8 Å². The highest BCUT2D eigenvalue weighted by Crippen LogP contribution is 2.24. The molecule has 0 radical (unpaired) electrons. The van der Waals surface area contributed by atoms with E-state index in [4.69, 9.17) is 0 Å². The van der Waals surface area contributed by atoms with E-state index < -0.39 is 5.60 Å². The maximum atomic E-state index is 12.5. The Morgan fingerprint density at radius 1 is 1.55 bits per heavy atom. The molecule has 2 aromatic heterocycles. The Labute approximate surface area is 128 Å². The van der Waals surface area contributed by atoms with Gasteiger partial charge in [0, 0.05) is 18.4 Å². The highest BCUT2D eigenvalue weighted by atomic mass is 16.3. The molecule has 3 rings (SSSR count). The maximum absolute atomic E-state index is 12.5. The standard InChI is InChI=1S/C14H20N6O2/c1-2-11-8-12(17-16-11)13(21)19-6-3-4-14(22,9-19)10-20-7-5-15-18-20/h5,7-8,22H,2-4,6,9-10H2,1H3,(H,16,17). The van der Waals surface area contributed by atoms with E-state index in [0.717, 1.165) is 18.5 Å². The molecule has 0 aliphatic carbocycles. The van der Waals surface area contributed by atoms with Crippen LogP contribution < -0.4 is 0 Å². The van der Waals surface area contributed by atoms with Gasteiger partial charge in [-0.05, 0) is 25.3 Å². The Hall–Kier alpha value is -2.22. The number of piperidine rings is 1. The number of carbonyl (C=O) groups excluding carboxylic acids is 1. The van der Waals surface area contributed by atoms with E-state index in [9.17, 15) is 9.90 Å². The van der Waals surface area contributed by atoms with Crippen molar-refractivity contribution in [2.75, 3.05) is 13.1 Å². The maximum Gasteiger partial charge on any atom is 0.274 e. The summed E-state index contributed by atoms with van der Waals surface area (Å²) in [5.41, 5.74) is 0.353. The topological polar surface area (TPSA) is 99.9 Å². The molecule has 1 aliphatic rings. The molecule has 1 aliphatic heterocycles. The summed E-state index contributed by atoms with van der Waals surface area (Å²) in [4.78, 5) is 14.2. The van der Waals surface area contributed by atoms with Crippen LogP contribution in [0.15, 0.2) is 18.5 Å². The van der Waals surface area contributed by atoms with Crippen LogP contribution in [0.5, 0.6) is 0 Å². The van der Waals surface area contributed by atoms with Crippen LogP contribution in [0.1, 0.15) is 35.9 Å². The number of aromatic nitrogens is 5. The van der Waals surface area contributed by atoms with Crippen LogP contribution in [0.4, 0.5) is 0 Å². The Balaban J connectivity index is 1.70. The predicted molar refractivity (Wildman–Crippen MR) is 78.1 cm³/mol. The highest BCUT2D eigenvalue weighted by molar-refractivity contribution is 5.92. The molecule has 22 heavy (non-hydrogen) atoms. The normalized spacial score (nSPS) is 22.0. The van der Waals surface area contributed by atoms with E-state index in [1.54, 1.807) is 28.0 Å². The summed E-state index contributed by atoms with van der Waals surface area (Å²) in [6, 6.07) is 1.77. The van der Waals surface area contributed by atoms with Gasteiger partial charge in [-0.3, -0.25) is 9.89 Å². The van der Waals surface area contributed by atoms with Gasteiger partial charge in [0.1, 0.15) is 11.3 Å². The number of carbonyl (C=O) groups is 1. The van der Waals surface area contributed by atoms with Crippen molar-refractivity contribution in [2.45, 2.75) is 38.3 Å². The van der Waals surface area contributed by atoms with Gasteiger partial charge >= 0.3 is 0 Å². The predicted octanol–water partition coefficient (Wildman–Crippen LogP) is 0.231. The average Bonchev–Trinajstić information content (AvgIpc) is 3.17. The molecular weight excluding hydrogens is 284 g/mol. The number of H-pyrrole nitrogens is 1. The van der Waals surface area contributed by atoms with Crippen molar-refractivity contribution < 1.29 is 9.90 Å². The molecular formula is C14H20N6O2. The fourth-order valence-electron chi connectivity index (χ4n) is 2.85. The summed E-state index contributed by atoms with van der Waals surface area (Å²) in [7, 11) is 0. The van der Waals surface area contributed by atoms with Crippen molar-refractivity contribution in [1.29, 1.82) is 0 Å². The third-order valence-corrected chi connectivity index (χ3v) is 4.00.